The Morgan fingerprint density at radius 2 is 1.81 bits per heavy atom. The van der Waals surface area contributed by atoms with Gasteiger partial charge in [-0.2, -0.15) is 0 Å². The third-order valence-corrected chi connectivity index (χ3v) is 1.04. The van der Waals surface area contributed by atoms with Crippen molar-refractivity contribution >= 4 is 5.97 Å². The molecule has 0 spiro atoms. The minimum absolute atomic E-state index is 0.139. The van der Waals surface area contributed by atoms with Gasteiger partial charge in [-0.1, -0.05) is 6.58 Å². The van der Waals surface area contributed by atoms with Crippen LogP contribution in [-0.4, -0.2) is 49.2 Å². The molecule has 0 saturated carbocycles. The smallest absolute Gasteiger partial charge is 0.329 e. The van der Waals surface area contributed by atoms with Crippen LogP contribution in [0.4, 0.5) is 0 Å². The first-order chi connectivity index (χ1) is 7.49. The molecular weight excluding hydrogens is 212 g/mol. The predicted octanol–water partition coefficient (Wildman–Crippen LogP) is 0.748. The van der Waals surface area contributed by atoms with Gasteiger partial charge in [0.1, 0.15) is 0 Å². The van der Waals surface area contributed by atoms with E-state index in [1.807, 2.05) is 13.8 Å². The van der Waals surface area contributed by atoms with Crippen molar-refractivity contribution in [3.63, 3.8) is 0 Å². The summed E-state index contributed by atoms with van der Waals surface area (Å²) in [5.74, 6) is -0.394. The predicted molar refractivity (Wildman–Crippen MR) is 63.1 cm³/mol. The lowest BCUT2D eigenvalue weighted by Gasteiger charge is -1.90. The van der Waals surface area contributed by atoms with Crippen LogP contribution in [0.2, 0.25) is 0 Å². The molecule has 0 aliphatic carbocycles. The lowest BCUT2D eigenvalue weighted by atomic mass is 10.5. The van der Waals surface area contributed by atoms with Gasteiger partial charge in [-0.15, -0.1) is 0 Å². The Balaban J connectivity index is -0.000000160. The van der Waals surface area contributed by atoms with E-state index in [1.54, 1.807) is 0 Å². The molecule has 0 aromatic heterocycles. The highest BCUT2D eigenvalue weighted by Gasteiger charge is 1.83. The van der Waals surface area contributed by atoms with E-state index < -0.39 is 12.1 Å². The lowest BCUT2D eigenvalue weighted by molar-refractivity contribution is -0.134. The van der Waals surface area contributed by atoms with Gasteiger partial charge in [0.05, 0.1) is 19.8 Å². The Bertz CT molecular complexity index is 143. The van der Waals surface area contributed by atoms with Crippen LogP contribution in [-0.2, 0) is 14.3 Å². The van der Waals surface area contributed by atoms with E-state index in [4.69, 9.17) is 14.9 Å². The van der Waals surface area contributed by atoms with Gasteiger partial charge in [-0.3, -0.25) is 0 Å². The molecule has 2 N–H and O–H groups in total. The fourth-order valence-corrected chi connectivity index (χ4v) is 0.287. The maximum Gasteiger partial charge on any atom is 0.329 e. The molecule has 0 amide bonds. The van der Waals surface area contributed by atoms with Gasteiger partial charge >= 0.3 is 5.97 Å². The number of carbonyl (C=O) groups is 1. The van der Waals surface area contributed by atoms with Crippen molar-refractivity contribution in [3.05, 3.63) is 12.7 Å². The Kier molecular flexibility index (Phi) is 25.1. The maximum absolute atomic E-state index is 9.84. The summed E-state index contributed by atoms with van der Waals surface area (Å²) in [4.78, 5) is 9.84. The second kappa shape index (κ2) is 19.6. The van der Waals surface area contributed by atoms with E-state index in [9.17, 15) is 4.79 Å². The lowest BCUT2D eigenvalue weighted by Crippen LogP contribution is -2.03. The summed E-state index contributed by atoms with van der Waals surface area (Å²) in [6.45, 7) is 10.2. The standard InChI is InChI=1S/C4H6O2.C4H10O.C3H8O2/c1-3-4(5)6-2;1-3-5-4-2;1-3(5)2-4/h3H,1H2,2H3;3-4H2,1-2H3;3-5H,2H2,1H3. The second-order valence-corrected chi connectivity index (χ2v) is 2.54. The number of hydrogen-bond acceptors (Lipinski definition) is 5. The number of carbonyl (C=O) groups excluding carboxylic acids is 1. The molecule has 0 radical (unpaired) electrons. The molecule has 1 atom stereocenters. The number of rotatable bonds is 4. The summed E-state index contributed by atoms with van der Waals surface area (Å²) in [6, 6.07) is 0. The zero-order valence-electron chi connectivity index (χ0n) is 10.6. The van der Waals surface area contributed by atoms with Gasteiger partial charge in [0, 0.05) is 19.3 Å². The molecule has 16 heavy (non-hydrogen) atoms. The number of esters is 1. The van der Waals surface area contributed by atoms with Crippen LogP contribution in [0.3, 0.4) is 0 Å². The monoisotopic (exact) mass is 236 g/mol. The van der Waals surface area contributed by atoms with Crippen LogP contribution in [0.15, 0.2) is 12.7 Å². The summed E-state index contributed by atoms with van der Waals surface area (Å²) in [5, 5.41) is 16.0. The Hall–Kier alpha value is -0.910. The van der Waals surface area contributed by atoms with Crippen molar-refractivity contribution in [3.8, 4) is 0 Å². The van der Waals surface area contributed by atoms with Crippen LogP contribution in [0.1, 0.15) is 20.8 Å². The maximum atomic E-state index is 9.84. The molecule has 0 aromatic rings. The van der Waals surface area contributed by atoms with Crippen LogP contribution < -0.4 is 0 Å². The molecule has 0 aliphatic rings. The fourth-order valence-electron chi connectivity index (χ4n) is 0.287. The van der Waals surface area contributed by atoms with Crippen molar-refractivity contribution < 1.29 is 24.5 Å². The van der Waals surface area contributed by atoms with Crippen molar-refractivity contribution in [2.75, 3.05) is 26.9 Å². The molecule has 5 nitrogen and oxygen atoms in total. The zero-order chi connectivity index (χ0) is 13.4. The third kappa shape index (κ3) is 38.1. The molecule has 1 unspecified atom stereocenters. The van der Waals surface area contributed by atoms with Gasteiger partial charge in [0.25, 0.3) is 0 Å². The summed E-state index contributed by atoms with van der Waals surface area (Å²) < 4.78 is 8.98. The van der Waals surface area contributed by atoms with E-state index in [2.05, 4.69) is 11.3 Å². The van der Waals surface area contributed by atoms with E-state index in [1.165, 1.54) is 14.0 Å². The topological polar surface area (TPSA) is 76.0 Å². The molecule has 0 aromatic carbocycles. The molecular formula is C11H24O5. The third-order valence-electron chi connectivity index (χ3n) is 1.04. The van der Waals surface area contributed by atoms with Gasteiger partial charge in [-0.05, 0) is 20.8 Å². The van der Waals surface area contributed by atoms with Crippen molar-refractivity contribution in [1.82, 2.24) is 0 Å². The minimum Gasteiger partial charge on any atom is -0.466 e. The van der Waals surface area contributed by atoms with Gasteiger partial charge in [0.15, 0.2) is 0 Å². The number of aliphatic hydroxyl groups excluding tert-OH is 2. The molecule has 0 fully saturated rings. The molecule has 0 heterocycles. The molecule has 5 heteroatoms. The highest BCUT2D eigenvalue weighted by Crippen LogP contribution is 1.68. The van der Waals surface area contributed by atoms with Crippen molar-refractivity contribution in [1.29, 1.82) is 0 Å². The van der Waals surface area contributed by atoms with Crippen LogP contribution >= 0.6 is 0 Å². The van der Waals surface area contributed by atoms with Crippen LogP contribution in [0.5, 0.6) is 0 Å². The number of aliphatic hydroxyl groups is 2. The van der Waals surface area contributed by atoms with Crippen LogP contribution in [0.25, 0.3) is 0 Å². The van der Waals surface area contributed by atoms with Crippen molar-refractivity contribution in [2.45, 2.75) is 26.9 Å². The van der Waals surface area contributed by atoms with E-state index in [-0.39, 0.29) is 6.61 Å². The Labute approximate surface area is 97.7 Å². The van der Waals surface area contributed by atoms with E-state index >= 15 is 0 Å². The summed E-state index contributed by atoms with van der Waals surface area (Å²) >= 11 is 0. The van der Waals surface area contributed by atoms with Gasteiger partial charge in [-0.25, -0.2) is 4.79 Å². The van der Waals surface area contributed by atoms with Gasteiger partial charge in [0.2, 0.25) is 0 Å². The van der Waals surface area contributed by atoms with E-state index in [0.29, 0.717) is 0 Å². The highest BCUT2D eigenvalue weighted by atomic mass is 16.5. The fraction of sp³-hybridized carbons (Fsp3) is 0.727. The summed E-state index contributed by atoms with van der Waals surface area (Å²) in [5.41, 5.74) is 0. The number of hydrogen-bond donors (Lipinski definition) is 2. The number of methoxy groups -OCH3 is 1. The van der Waals surface area contributed by atoms with Gasteiger partial charge < -0.3 is 19.7 Å². The van der Waals surface area contributed by atoms with Crippen LogP contribution in [0, 0.1) is 0 Å². The molecule has 0 saturated heterocycles. The second-order valence-electron chi connectivity index (χ2n) is 2.54. The molecule has 0 aliphatic heterocycles. The average molecular weight is 236 g/mol. The minimum atomic E-state index is -0.560. The Morgan fingerprint density at radius 3 is 1.81 bits per heavy atom. The Morgan fingerprint density at radius 1 is 1.44 bits per heavy atom. The first kappa shape index (κ1) is 20.5. The zero-order valence-corrected chi connectivity index (χ0v) is 10.6. The van der Waals surface area contributed by atoms with Crippen molar-refractivity contribution in [2.24, 2.45) is 0 Å². The largest absolute Gasteiger partial charge is 0.466 e. The van der Waals surface area contributed by atoms with E-state index in [0.717, 1.165) is 19.3 Å². The summed E-state index contributed by atoms with van der Waals surface area (Å²) in [6.07, 6.45) is 0.551. The molecule has 0 bridgehead atoms. The average Bonchev–Trinajstić information content (AvgIpc) is 2.30. The molecule has 98 valence electrons. The first-order valence-corrected chi connectivity index (χ1v) is 5.07. The normalized spacial score (nSPS) is 9.88. The quantitative estimate of drug-likeness (QED) is 0.556. The summed E-state index contributed by atoms with van der Waals surface area (Å²) in [7, 11) is 1.31. The SMILES string of the molecule is C=CC(=O)OC.CC(O)CO.CCOCC. The number of ether oxygens (including phenoxy) is 2. The first-order valence-electron chi connectivity index (χ1n) is 5.07. The molecule has 0 rings (SSSR count). The highest BCUT2D eigenvalue weighted by molar-refractivity contribution is 5.80.